The van der Waals surface area contributed by atoms with Gasteiger partial charge >= 0.3 is 0 Å². The van der Waals surface area contributed by atoms with E-state index in [9.17, 15) is 13.2 Å². The minimum atomic E-state index is -3.76. The summed E-state index contributed by atoms with van der Waals surface area (Å²) in [6.45, 7) is 0.826. The molecule has 1 aromatic carbocycles. The van der Waals surface area contributed by atoms with Gasteiger partial charge in [-0.15, -0.1) is 0 Å². The van der Waals surface area contributed by atoms with Crippen LogP contribution in [0.4, 0.5) is 0 Å². The largest absolute Gasteiger partial charge is 0.376 e. The van der Waals surface area contributed by atoms with Gasteiger partial charge < -0.3 is 10.1 Å². The number of sulfonamides is 1. The van der Waals surface area contributed by atoms with E-state index < -0.39 is 10.0 Å². The first-order chi connectivity index (χ1) is 10.9. The lowest BCUT2D eigenvalue weighted by Gasteiger charge is -2.17. The highest BCUT2D eigenvalue weighted by molar-refractivity contribution is 7.89. The summed E-state index contributed by atoms with van der Waals surface area (Å²) >= 11 is 0. The third kappa shape index (κ3) is 4.51. The van der Waals surface area contributed by atoms with Gasteiger partial charge in [0.1, 0.15) is 0 Å². The van der Waals surface area contributed by atoms with E-state index in [0.29, 0.717) is 18.7 Å². The predicted molar refractivity (Wildman–Crippen MR) is 83.0 cm³/mol. The summed E-state index contributed by atoms with van der Waals surface area (Å²) in [5, 5.41) is 11.4. The van der Waals surface area contributed by atoms with Crippen molar-refractivity contribution in [3.05, 3.63) is 29.8 Å². The molecule has 0 radical (unpaired) electrons. The van der Waals surface area contributed by atoms with Crippen LogP contribution in [-0.2, 0) is 19.6 Å². The number of carbonyl (C=O) groups is 1. The van der Waals surface area contributed by atoms with E-state index in [1.807, 2.05) is 6.07 Å². The van der Waals surface area contributed by atoms with Crippen LogP contribution in [0.5, 0.6) is 0 Å². The Morgan fingerprint density at radius 2 is 2.13 bits per heavy atom. The van der Waals surface area contributed by atoms with Crippen molar-refractivity contribution in [3.8, 4) is 6.07 Å². The number of nitriles is 1. The topological polar surface area (TPSA) is 99.5 Å². The molecule has 1 fully saturated rings. The molecule has 124 valence electrons. The van der Waals surface area contributed by atoms with Crippen molar-refractivity contribution < 1.29 is 17.9 Å². The van der Waals surface area contributed by atoms with Gasteiger partial charge in [0.25, 0.3) is 0 Å². The Kier molecular flexibility index (Phi) is 5.71. The summed E-state index contributed by atoms with van der Waals surface area (Å²) in [4.78, 5) is 11.9. The van der Waals surface area contributed by atoms with Crippen molar-refractivity contribution in [2.24, 2.45) is 0 Å². The van der Waals surface area contributed by atoms with E-state index in [1.165, 1.54) is 31.3 Å². The smallest absolute Gasteiger partial charge is 0.243 e. The van der Waals surface area contributed by atoms with E-state index in [2.05, 4.69) is 5.32 Å². The number of benzene rings is 1. The van der Waals surface area contributed by atoms with Gasteiger partial charge in [-0.1, -0.05) is 0 Å². The normalized spacial score (nSPS) is 17.9. The number of ether oxygens (including phenoxy) is 1. The second-order valence-electron chi connectivity index (χ2n) is 5.34. The highest BCUT2D eigenvalue weighted by Crippen LogP contribution is 2.15. The molecule has 1 heterocycles. The highest BCUT2D eigenvalue weighted by Gasteiger charge is 2.23. The third-order valence-corrected chi connectivity index (χ3v) is 5.43. The van der Waals surface area contributed by atoms with E-state index in [1.54, 1.807) is 0 Å². The van der Waals surface area contributed by atoms with Crippen molar-refractivity contribution in [1.82, 2.24) is 9.62 Å². The first kappa shape index (κ1) is 17.4. The van der Waals surface area contributed by atoms with Crippen LogP contribution in [0.25, 0.3) is 0 Å². The van der Waals surface area contributed by atoms with Gasteiger partial charge in [0.2, 0.25) is 15.9 Å². The maximum absolute atomic E-state index is 12.4. The lowest BCUT2D eigenvalue weighted by atomic mass is 10.2. The summed E-state index contributed by atoms with van der Waals surface area (Å²) < 4.78 is 31.1. The van der Waals surface area contributed by atoms with Gasteiger partial charge in [0, 0.05) is 20.2 Å². The lowest BCUT2D eigenvalue weighted by molar-refractivity contribution is -0.121. The minimum Gasteiger partial charge on any atom is -0.376 e. The molecular formula is C15H19N3O4S. The zero-order valence-corrected chi connectivity index (χ0v) is 13.7. The molecule has 23 heavy (non-hydrogen) atoms. The van der Waals surface area contributed by atoms with Crippen LogP contribution in [0.1, 0.15) is 18.4 Å². The summed E-state index contributed by atoms with van der Waals surface area (Å²) in [5.74, 6) is -0.375. The second kappa shape index (κ2) is 7.55. The first-order valence-electron chi connectivity index (χ1n) is 7.28. The fraction of sp³-hybridized carbons (Fsp3) is 0.467. The number of nitrogens with one attached hydrogen (secondary N) is 1. The van der Waals surface area contributed by atoms with Gasteiger partial charge in [-0.2, -0.15) is 9.57 Å². The molecule has 1 unspecified atom stereocenters. The molecule has 0 saturated carbocycles. The Balaban J connectivity index is 1.93. The summed E-state index contributed by atoms with van der Waals surface area (Å²) in [7, 11) is -2.42. The Hall–Kier alpha value is -1.95. The van der Waals surface area contributed by atoms with Crippen molar-refractivity contribution >= 4 is 15.9 Å². The minimum absolute atomic E-state index is 0.0133. The molecule has 0 bridgehead atoms. The predicted octanol–water partition coefficient (Wildman–Crippen LogP) is 0.474. The summed E-state index contributed by atoms with van der Waals surface area (Å²) in [6, 6.07) is 7.50. The standard InChI is InChI=1S/C15H19N3O4S/c1-18(11-15(19)17-10-13-3-2-8-22-13)23(20,21)14-6-4-12(9-16)5-7-14/h4-7,13H,2-3,8,10-11H2,1H3,(H,17,19). The second-order valence-corrected chi connectivity index (χ2v) is 7.38. The molecule has 7 nitrogen and oxygen atoms in total. The van der Waals surface area contributed by atoms with Crippen molar-refractivity contribution in [1.29, 1.82) is 5.26 Å². The van der Waals surface area contributed by atoms with Crippen molar-refractivity contribution in [2.45, 2.75) is 23.8 Å². The van der Waals surface area contributed by atoms with Crippen molar-refractivity contribution in [2.75, 3.05) is 26.7 Å². The average Bonchev–Trinajstić information content (AvgIpc) is 3.06. The highest BCUT2D eigenvalue weighted by atomic mass is 32.2. The van der Waals surface area contributed by atoms with Gasteiger partial charge in [0.15, 0.2) is 0 Å². The monoisotopic (exact) mass is 337 g/mol. The molecule has 1 aliphatic rings. The van der Waals surface area contributed by atoms with Crippen LogP contribution in [0, 0.1) is 11.3 Å². The number of amides is 1. The molecule has 0 aliphatic carbocycles. The Bertz CT molecular complexity index is 688. The van der Waals surface area contributed by atoms with Gasteiger partial charge in [-0.25, -0.2) is 8.42 Å². The molecule has 1 aromatic rings. The molecule has 0 aromatic heterocycles. The average molecular weight is 337 g/mol. The van der Waals surface area contributed by atoms with Crippen LogP contribution in [0.3, 0.4) is 0 Å². The van der Waals surface area contributed by atoms with Gasteiger partial charge in [-0.05, 0) is 37.1 Å². The van der Waals surface area contributed by atoms with E-state index >= 15 is 0 Å². The Morgan fingerprint density at radius 3 is 2.70 bits per heavy atom. The number of hydrogen-bond donors (Lipinski definition) is 1. The maximum atomic E-state index is 12.4. The Morgan fingerprint density at radius 1 is 1.43 bits per heavy atom. The fourth-order valence-electron chi connectivity index (χ4n) is 2.26. The van der Waals surface area contributed by atoms with E-state index in [0.717, 1.165) is 17.1 Å². The van der Waals surface area contributed by atoms with Crippen LogP contribution < -0.4 is 5.32 Å². The summed E-state index contributed by atoms with van der Waals surface area (Å²) in [5.41, 5.74) is 0.376. The summed E-state index contributed by atoms with van der Waals surface area (Å²) in [6.07, 6.45) is 1.90. The molecule has 1 saturated heterocycles. The van der Waals surface area contributed by atoms with Crippen LogP contribution >= 0.6 is 0 Å². The molecule has 1 amide bonds. The number of likely N-dealkylation sites (N-methyl/N-ethyl adjacent to an activating group) is 1. The zero-order chi connectivity index (χ0) is 16.9. The van der Waals surface area contributed by atoms with Gasteiger partial charge in [-0.3, -0.25) is 4.79 Å². The van der Waals surface area contributed by atoms with Crippen LogP contribution in [0.2, 0.25) is 0 Å². The lowest BCUT2D eigenvalue weighted by Crippen LogP contribution is -2.40. The van der Waals surface area contributed by atoms with E-state index in [-0.39, 0.29) is 23.5 Å². The Labute approximate surface area is 135 Å². The third-order valence-electron chi connectivity index (χ3n) is 3.61. The molecular weight excluding hydrogens is 318 g/mol. The first-order valence-corrected chi connectivity index (χ1v) is 8.72. The SMILES string of the molecule is CN(CC(=O)NCC1CCCO1)S(=O)(=O)c1ccc(C#N)cc1. The molecule has 0 spiro atoms. The molecule has 8 heteroatoms. The fourth-order valence-corrected chi connectivity index (χ4v) is 3.38. The van der Waals surface area contributed by atoms with Crippen LogP contribution in [-0.4, -0.2) is 51.5 Å². The number of hydrogen-bond acceptors (Lipinski definition) is 5. The number of nitrogens with zero attached hydrogens (tertiary/aromatic N) is 2. The van der Waals surface area contributed by atoms with Gasteiger partial charge in [0.05, 0.1) is 29.2 Å². The molecule has 1 N–H and O–H groups in total. The quantitative estimate of drug-likeness (QED) is 0.813. The number of carbonyl (C=O) groups excluding carboxylic acids is 1. The van der Waals surface area contributed by atoms with E-state index in [4.69, 9.17) is 10.00 Å². The van der Waals surface area contributed by atoms with Crippen molar-refractivity contribution in [3.63, 3.8) is 0 Å². The maximum Gasteiger partial charge on any atom is 0.243 e. The number of rotatable bonds is 6. The molecule has 1 atom stereocenters. The molecule has 1 aliphatic heterocycles. The molecule has 2 rings (SSSR count). The van der Waals surface area contributed by atoms with Crippen LogP contribution in [0.15, 0.2) is 29.2 Å². The zero-order valence-electron chi connectivity index (χ0n) is 12.9.